The Bertz CT molecular complexity index is 920. The number of hydrogen-bond donors (Lipinski definition) is 1. The van der Waals surface area contributed by atoms with Gasteiger partial charge < -0.3 is 10.0 Å². The highest BCUT2D eigenvalue weighted by atomic mass is 79.9. The van der Waals surface area contributed by atoms with Crippen molar-refractivity contribution in [1.82, 2.24) is 14.3 Å². The molecule has 0 saturated carbocycles. The minimum absolute atomic E-state index is 0.0707. The van der Waals surface area contributed by atoms with E-state index in [1.165, 1.54) is 0 Å². The van der Waals surface area contributed by atoms with Crippen LogP contribution in [0.4, 0.5) is 5.82 Å². The third-order valence-electron chi connectivity index (χ3n) is 4.94. The molecule has 0 spiro atoms. The van der Waals surface area contributed by atoms with Crippen molar-refractivity contribution in [3.63, 3.8) is 0 Å². The molecule has 2 bridgehead atoms. The van der Waals surface area contributed by atoms with Gasteiger partial charge in [-0.2, -0.15) is 4.31 Å². The molecule has 2 aliphatic heterocycles. The lowest BCUT2D eigenvalue weighted by molar-refractivity contribution is 0.189. The molecule has 2 saturated heterocycles. The molecule has 138 valence electrons. The Kier molecular flexibility index (Phi) is 4.50. The van der Waals surface area contributed by atoms with Crippen molar-refractivity contribution in [2.75, 3.05) is 18.0 Å². The first-order chi connectivity index (χ1) is 12.4. The summed E-state index contributed by atoms with van der Waals surface area (Å²) in [6, 6.07) is 8.56. The summed E-state index contributed by atoms with van der Waals surface area (Å²) in [5, 5.41) is 9.68. The number of fused-ring (bicyclic) bond motifs is 2. The van der Waals surface area contributed by atoms with E-state index < -0.39 is 16.1 Å². The van der Waals surface area contributed by atoms with Gasteiger partial charge in [-0.05, 0) is 43.7 Å². The number of rotatable bonds is 4. The van der Waals surface area contributed by atoms with E-state index in [1.54, 1.807) is 47.8 Å². The number of anilines is 1. The van der Waals surface area contributed by atoms with Gasteiger partial charge in [0.2, 0.25) is 10.0 Å². The third-order valence-corrected chi connectivity index (χ3v) is 7.40. The maximum Gasteiger partial charge on any atom is 0.243 e. The van der Waals surface area contributed by atoms with E-state index in [2.05, 4.69) is 30.8 Å². The molecule has 2 unspecified atom stereocenters. The molecule has 9 heteroatoms. The average Bonchev–Trinajstić information content (AvgIpc) is 3.23. The molecule has 2 aromatic rings. The SMILES string of the molecule is C[C@@H](O)c1nccc(N2CC3CC2CN3S(=O)(=O)c2ccc(Br)cc2)n1. The summed E-state index contributed by atoms with van der Waals surface area (Å²) in [7, 11) is -3.50. The highest BCUT2D eigenvalue weighted by Gasteiger charge is 2.48. The molecule has 26 heavy (non-hydrogen) atoms. The van der Waals surface area contributed by atoms with Gasteiger partial charge in [-0.1, -0.05) is 15.9 Å². The fourth-order valence-electron chi connectivity index (χ4n) is 3.67. The summed E-state index contributed by atoms with van der Waals surface area (Å²) in [5.74, 6) is 1.12. The molecular weight excluding hydrogens is 420 g/mol. The highest BCUT2D eigenvalue weighted by Crippen LogP contribution is 2.37. The number of benzene rings is 1. The predicted molar refractivity (Wildman–Crippen MR) is 100 cm³/mol. The second-order valence-electron chi connectivity index (χ2n) is 6.67. The van der Waals surface area contributed by atoms with Crippen LogP contribution < -0.4 is 4.90 Å². The molecular formula is C17H19BrN4O3S. The number of aromatic nitrogens is 2. The minimum Gasteiger partial charge on any atom is -0.385 e. The number of piperazine rings is 1. The van der Waals surface area contributed by atoms with Crippen molar-refractivity contribution >= 4 is 31.8 Å². The second kappa shape index (κ2) is 6.56. The first-order valence-corrected chi connectivity index (χ1v) is 10.6. The number of sulfonamides is 1. The van der Waals surface area contributed by atoms with Crippen LogP contribution >= 0.6 is 15.9 Å². The number of halogens is 1. The summed E-state index contributed by atoms with van der Waals surface area (Å²) >= 11 is 3.33. The van der Waals surface area contributed by atoms with Crippen LogP contribution in [-0.4, -0.2) is 53.0 Å². The molecule has 0 amide bonds. The van der Waals surface area contributed by atoms with Crippen LogP contribution in [0.1, 0.15) is 25.3 Å². The van der Waals surface area contributed by atoms with Gasteiger partial charge in [-0.3, -0.25) is 0 Å². The van der Waals surface area contributed by atoms with Crippen LogP contribution in [0.25, 0.3) is 0 Å². The average molecular weight is 439 g/mol. The molecule has 1 N–H and O–H groups in total. The lowest BCUT2D eigenvalue weighted by Gasteiger charge is -2.34. The lowest BCUT2D eigenvalue weighted by atomic mass is 10.2. The Balaban J connectivity index is 1.55. The fourth-order valence-corrected chi connectivity index (χ4v) is 5.60. The Labute approximate surface area is 160 Å². The first-order valence-electron chi connectivity index (χ1n) is 8.41. The zero-order valence-electron chi connectivity index (χ0n) is 14.2. The van der Waals surface area contributed by atoms with Gasteiger partial charge in [-0.15, -0.1) is 0 Å². The molecule has 2 aliphatic rings. The van der Waals surface area contributed by atoms with Crippen LogP contribution in [0.3, 0.4) is 0 Å². The van der Waals surface area contributed by atoms with E-state index in [9.17, 15) is 13.5 Å². The van der Waals surface area contributed by atoms with E-state index in [1.807, 2.05) is 0 Å². The van der Waals surface area contributed by atoms with Gasteiger partial charge in [0.1, 0.15) is 11.9 Å². The molecule has 2 fully saturated rings. The van der Waals surface area contributed by atoms with E-state index in [4.69, 9.17) is 0 Å². The number of aliphatic hydroxyl groups is 1. The van der Waals surface area contributed by atoms with Gasteiger partial charge in [0, 0.05) is 35.8 Å². The summed E-state index contributed by atoms with van der Waals surface area (Å²) in [6.45, 7) is 2.66. The van der Waals surface area contributed by atoms with Crippen molar-refractivity contribution in [1.29, 1.82) is 0 Å². The van der Waals surface area contributed by atoms with Crippen LogP contribution in [0.2, 0.25) is 0 Å². The topological polar surface area (TPSA) is 86.6 Å². The zero-order valence-corrected chi connectivity index (χ0v) is 16.6. The molecule has 0 aliphatic carbocycles. The van der Waals surface area contributed by atoms with Crippen molar-refractivity contribution in [2.24, 2.45) is 0 Å². The van der Waals surface area contributed by atoms with Crippen molar-refractivity contribution in [2.45, 2.75) is 36.4 Å². The zero-order chi connectivity index (χ0) is 18.5. The molecule has 7 nitrogen and oxygen atoms in total. The summed E-state index contributed by atoms with van der Waals surface area (Å²) in [6.07, 6.45) is 1.68. The Morgan fingerprint density at radius 1 is 1.19 bits per heavy atom. The molecule has 4 rings (SSSR count). The monoisotopic (exact) mass is 438 g/mol. The van der Waals surface area contributed by atoms with Gasteiger partial charge in [0.15, 0.2) is 5.82 Å². The van der Waals surface area contributed by atoms with Crippen molar-refractivity contribution < 1.29 is 13.5 Å². The minimum atomic E-state index is -3.50. The summed E-state index contributed by atoms with van der Waals surface area (Å²) in [5.41, 5.74) is 0. The van der Waals surface area contributed by atoms with Gasteiger partial charge >= 0.3 is 0 Å². The van der Waals surface area contributed by atoms with Crippen LogP contribution in [0.5, 0.6) is 0 Å². The predicted octanol–water partition coefficient (Wildman–Crippen LogP) is 1.94. The Morgan fingerprint density at radius 2 is 1.92 bits per heavy atom. The molecule has 1 aromatic heterocycles. The highest BCUT2D eigenvalue weighted by molar-refractivity contribution is 9.10. The van der Waals surface area contributed by atoms with Gasteiger partial charge in [0.05, 0.1) is 4.90 Å². The standard InChI is InChI=1S/C17H19BrN4O3S/c1-11(23)17-19-7-6-16(20-17)21-9-14-8-13(21)10-22(14)26(24,25)15-4-2-12(18)3-5-15/h2-7,11,13-14,23H,8-10H2,1H3/t11-,13?,14?/m1/s1. The second-order valence-corrected chi connectivity index (χ2v) is 9.48. The van der Waals surface area contributed by atoms with Crippen molar-refractivity contribution in [3.05, 3.63) is 46.8 Å². The number of nitrogens with zero attached hydrogens (tertiary/aromatic N) is 4. The van der Waals surface area contributed by atoms with E-state index >= 15 is 0 Å². The quantitative estimate of drug-likeness (QED) is 0.784. The molecule has 0 radical (unpaired) electrons. The maximum atomic E-state index is 13.0. The molecule has 3 atom stereocenters. The van der Waals surface area contributed by atoms with E-state index in [0.29, 0.717) is 23.8 Å². The smallest absolute Gasteiger partial charge is 0.243 e. The largest absolute Gasteiger partial charge is 0.385 e. The summed E-state index contributed by atoms with van der Waals surface area (Å²) in [4.78, 5) is 10.9. The van der Waals surface area contributed by atoms with Crippen LogP contribution in [-0.2, 0) is 10.0 Å². The van der Waals surface area contributed by atoms with Crippen molar-refractivity contribution in [3.8, 4) is 0 Å². The lowest BCUT2D eigenvalue weighted by Crippen LogP contribution is -2.49. The molecule has 3 heterocycles. The maximum absolute atomic E-state index is 13.0. The number of aliphatic hydroxyl groups excluding tert-OH is 1. The molecule has 1 aromatic carbocycles. The Hall–Kier alpha value is -1.55. The third kappa shape index (κ3) is 3.02. The van der Waals surface area contributed by atoms with E-state index in [0.717, 1.165) is 16.7 Å². The normalized spacial score (nSPS) is 24.2. The Morgan fingerprint density at radius 3 is 2.54 bits per heavy atom. The van der Waals surface area contributed by atoms with E-state index in [-0.39, 0.29) is 12.1 Å². The first kappa shape index (κ1) is 17.8. The van der Waals surface area contributed by atoms with Crippen LogP contribution in [0, 0.1) is 0 Å². The summed E-state index contributed by atoms with van der Waals surface area (Å²) < 4.78 is 28.4. The number of hydrogen-bond acceptors (Lipinski definition) is 6. The fraction of sp³-hybridized carbons (Fsp3) is 0.412. The van der Waals surface area contributed by atoms with Gasteiger partial charge in [-0.25, -0.2) is 18.4 Å². The van der Waals surface area contributed by atoms with Crippen LogP contribution in [0.15, 0.2) is 45.9 Å². The van der Waals surface area contributed by atoms with Gasteiger partial charge in [0.25, 0.3) is 0 Å².